The Balaban J connectivity index is 1.86. The molecule has 0 bridgehead atoms. The molecule has 21 heavy (non-hydrogen) atoms. The standard InChI is InChI=1S/C15H21N3O3/c1-10(11-3-4-11)18(2)14(19)9-21-13-7-5-12(6-8-13)15(16)17-20/h5-8,10-11,20H,3-4,9H2,1-2H3,(H2,16,17). The third-order valence-corrected chi connectivity index (χ3v) is 3.93. The maximum absolute atomic E-state index is 12.0. The van der Waals surface area contributed by atoms with E-state index < -0.39 is 0 Å². The summed E-state index contributed by atoms with van der Waals surface area (Å²) in [6.07, 6.45) is 2.41. The van der Waals surface area contributed by atoms with Crippen LogP contribution in [-0.2, 0) is 4.79 Å². The van der Waals surface area contributed by atoms with Crippen LogP contribution < -0.4 is 10.5 Å². The van der Waals surface area contributed by atoms with Gasteiger partial charge in [-0.1, -0.05) is 5.16 Å². The molecule has 0 aromatic heterocycles. The second-order valence-electron chi connectivity index (χ2n) is 5.38. The van der Waals surface area contributed by atoms with E-state index in [4.69, 9.17) is 15.7 Å². The zero-order valence-electron chi connectivity index (χ0n) is 12.3. The summed E-state index contributed by atoms with van der Waals surface area (Å²) in [6.45, 7) is 2.08. The fraction of sp³-hybridized carbons (Fsp3) is 0.467. The Morgan fingerprint density at radius 3 is 2.62 bits per heavy atom. The van der Waals surface area contributed by atoms with E-state index in [1.807, 2.05) is 7.05 Å². The Labute approximate surface area is 124 Å². The van der Waals surface area contributed by atoms with Gasteiger partial charge in [0.25, 0.3) is 5.91 Å². The SMILES string of the molecule is CC(C1CC1)N(C)C(=O)COc1ccc(/C(N)=N/O)cc1. The van der Waals surface area contributed by atoms with Gasteiger partial charge in [-0.25, -0.2) is 0 Å². The van der Waals surface area contributed by atoms with Gasteiger partial charge in [-0.3, -0.25) is 4.79 Å². The largest absolute Gasteiger partial charge is 0.484 e. The molecule has 1 saturated carbocycles. The Kier molecular flexibility index (Phi) is 4.67. The maximum Gasteiger partial charge on any atom is 0.260 e. The van der Waals surface area contributed by atoms with Crippen LogP contribution in [0.4, 0.5) is 0 Å². The van der Waals surface area contributed by atoms with Gasteiger partial charge in [0.2, 0.25) is 0 Å². The average molecular weight is 291 g/mol. The van der Waals surface area contributed by atoms with Gasteiger partial charge in [-0.05, 0) is 49.9 Å². The first-order valence-electron chi connectivity index (χ1n) is 6.99. The predicted molar refractivity (Wildman–Crippen MR) is 79.4 cm³/mol. The van der Waals surface area contributed by atoms with Crippen LogP contribution in [0.1, 0.15) is 25.3 Å². The molecule has 1 aliphatic carbocycles. The Morgan fingerprint density at radius 1 is 1.48 bits per heavy atom. The number of carbonyl (C=O) groups is 1. The first-order chi connectivity index (χ1) is 10.0. The Bertz CT molecular complexity index is 523. The average Bonchev–Trinajstić information content (AvgIpc) is 3.35. The predicted octanol–water partition coefficient (Wildman–Crippen LogP) is 1.42. The zero-order valence-corrected chi connectivity index (χ0v) is 12.3. The summed E-state index contributed by atoms with van der Waals surface area (Å²) in [6, 6.07) is 6.98. The number of oxime groups is 1. The van der Waals surface area contributed by atoms with E-state index in [1.165, 1.54) is 12.8 Å². The van der Waals surface area contributed by atoms with Crippen LogP contribution in [0.25, 0.3) is 0 Å². The molecule has 1 aromatic carbocycles. The minimum absolute atomic E-state index is 0.0104. The van der Waals surface area contributed by atoms with Crippen molar-refractivity contribution in [3.8, 4) is 5.75 Å². The number of nitrogens with two attached hydrogens (primary N) is 1. The molecule has 1 aliphatic rings. The summed E-state index contributed by atoms with van der Waals surface area (Å²) in [5.74, 6) is 1.22. The van der Waals surface area contributed by atoms with E-state index in [9.17, 15) is 4.79 Å². The molecule has 114 valence electrons. The first kappa shape index (κ1) is 15.2. The molecule has 0 aliphatic heterocycles. The number of ether oxygens (including phenoxy) is 1. The molecule has 3 N–H and O–H groups in total. The van der Waals surface area contributed by atoms with Crippen molar-refractivity contribution >= 4 is 11.7 Å². The lowest BCUT2D eigenvalue weighted by molar-refractivity contribution is -0.134. The van der Waals surface area contributed by atoms with Crippen molar-refractivity contribution in [1.82, 2.24) is 4.90 Å². The van der Waals surface area contributed by atoms with Gasteiger partial charge in [-0.15, -0.1) is 0 Å². The van der Waals surface area contributed by atoms with Crippen molar-refractivity contribution in [2.75, 3.05) is 13.7 Å². The van der Waals surface area contributed by atoms with Crippen LogP contribution in [0.15, 0.2) is 29.4 Å². The minimum atomic E-state index is -0.0325. The fourth-order valence-corrected chi connectivity index (χ4v) is 2.15. The van der Waals surface area contributed by atoms with Crippen LogP contribution in [0.3, 0.4) is 0 Å². The van der Waals surface area contributed by atoms with Crippen molar-refractivity contribution in [2.45, 2.75) is 25.8 Å². The molecule has 1 atom stereocenters. The molecule has 1 amide bonds. The molecule has 6 heteroatoms. The quantitative estimate of drug-likeness (QED) is 0.359. The van der Waals surface area contributed by atoms with Gasteiger partial charge in [0.05, 0.1) is 0 Å². The smallest absolute Gasteiger partial charge is 0.260 e. The Morgan fingerprint density at radius 2 is 2.10 bits per heavy atom. The lowest BCUT2D eigenvalue weighted by Crippen LogP contribution is -2.39. The molecule has 1 aromatic rings. The fourth-order valence-electron chi connectivity index (χ4n) is 2.15. The molecule has 1 fully saturated rings. The third-order valence-electron chi connectivity index (χ3n) is 3.93. The highest BCUT2D eigenvalue weighted by Gasteiger charge is 2.32. The van der Waals surface area contributed by atoms with E-state index in [1.54, 1.807) is 29.2 Å². The highest BCUT2D eigenvalue weighted by Crippen LogP contribution is 2.34. The van der Waals surface area contributed by atoms with E-state index in [0.717, 1.165) is 0 Å². The van der Waals surface area contributed by atoms with E-state index >= 15 is 0 Å². The molecule has 0 saturated heterocycles. The second kappa shape index (κ2) is 6.47. The van der Waals surface area contributed by atoms with E-state index in [-0.39, 0.29) is 24.4 Å². The number of amides is 1. The zero-order chi connectivity index (χ0) is 15.4. The van der Waals surface area contributed by atoms with Gasteiger partial charge in [-0.2, -0.15) is 0 Å². The third kappa shape index (κ3) is 3.87. The molecule has 6 nitrogen and oxygen atoms in total. The highest BCUT2D eigenvalue weighted by atomic mass is 16.5. The number of amidine groups is 1. The lowest BCUT2D eigenvalue weighted by atomic mass is 10.2. The van der Waals surface area contributed by atoms with E-state index in [2.05, 4.69) is 12.1 Å². The van der Waals surface area contributed by atoms with Crippen LogP contribution >= 0.6 is 0 Å². The summed E-state index contributed by atoms with van der Waals surface area (Å²) < 4.78 is 5.47. The normalized spacial score (nSPS) is 16.4. The van der Waals surface area contributed by atoms with Crippen LogP contribution in [0, 0.1) is 5.92 Å². The van der Waals surface area contributed by atoms with Crippen molar-refractivity contribution in [2.24, 2.45) is 16.8 Å². The topological polar surface area (TPSA) is 88.2 Å². The highest BCUT2D eigenvalue weighted by molar-refractivity contribution is 5.97. The van der Waals surface area contributed by atoms with Crippen molar-refractivity contribution < 1.29 is 14.7 Å². The number of hydrogen-bond acceptors (Lipinski definition) is 4. The summed E-state index contributed by atoms with van der Waals surface area (Å²) >= 11 is 0. The van der Waals surface area contributed by atoms with Crippen molar-refractivity contribution in [1.29, 1.82) is 0 Å². The number of likely N-dealkylation sites (N-methyl/N-ethyl adjacent to an activating group) is 1. The minimum Gasteiger partial charge on any atom is -0.484 e. The summed E-state index contributed by atoms with van der Waals surface area (Å²) in [5.41, 5.74) is 6.07. The van der Waals surface area contributed by atoms with Crippen molar-refractivity contribution in [3.63, 3.8) is 0 Å². The summed E-state index contributed by atoms with van der Waals surface area (Å²) in [5, 5.41) is 11.5. The molecular weight excluding hydrogens is 270 g/mol. The number of nitrogens with zero attached hydrogens (tertiary/aromatic N) is 2. The molecular formula is C15H21N3O3. The molecule has 0 spiro atoms. The number of hydrogen-bond donors (Lipinski definition) is 2. The monoisotopic (exact) mass is 291 g/mol. The first-order valence-corrected chi connectivity index (χ1v) is 6.99. The maximum atomic E-state index is 12.0. The molecule has 0 radical (unpaired) electrons. The van der Waals surface area contributed by atoms with Gasteiger partial charge in [0, 0.05) is 18.7 Å². The molecule has 1 unspecified atom stereocenters. The van der Waals surface area contributed by atoms with Crippen molar-refractivity contribution in [3.05, 3.63) is 29.8 Å². The second-order valence-corrected chi connectivity index (χ2v) is 5.38. The lowest BCUT2D eigenvalue weighted by Gasteiger charge is -2.24. The summed E-state index contributed by atoms with van der Waals surface area (Å²) in [7, 11) is 1.82. The number of rotatable bonds is 6. The van der Waals surface area contributed by atoms with Crippen LogP contribution in [-0.4, -0.2) is 41.5 Å². The molecule has 2 rings (SSSR count). The number of carbonyl (C=O) groups excluding carboxylic acids is 1. The van der Waals surface area contributed by atoms with Crippen LogP contribution in [0.5, 0.6) is 5.75 Å². The van der Waals surface area contributed by atoms with Gasteiger partial charge in [0.1, 0.15) is 5.75 Å². The van der Waals surface area contributed by atoms with Gasteiger partial charge < -0.3 is 20.6 Å². The number of benzene rings is 1. The van der Waals surface area contributed by atoms with E-state index in [0.29, 0.717) is 17.2 Å². The van der Waals surface area contributed by atoms with Crippen LogP contribution in [0.2, 0.25) is 0 Å². The van der Waals surface area contributed by atoms with Gasteiger partial charge >= 0.3 is 0 Å². The molecule has 0 heterocycles. The van der Waals surface area contributed by atoms with Gasteiger partial charge in [0.15, 0.2) is 12.4 Å². The Hall–Kier alpha value is -2.24. The summed E-state index contributed by atoms with van der Waals surface area (Å²) in [4.78, 5) is 13.8.